The number of nitrogens with zero attached hydrogens (tertiary/aromatic N) is 1. The first kappa shape index (κ1) is 21.1. The number of hydrogen-bond acceptors (Lipinski definition) is 4. The first-order valence-electron chi connectivity index (χ1n) is 10.3. The van der Waals surface area contributed by atoms with Crippen LogP contribution in [-0.4, -0.2) is 48.4 Å². The van der Waals surface area contributed by atoms with E-state index in [2.05, 4.69) is 24.1 Å². The van der Waals surface area contributed by atoms with Gasteiger partial charge in [-0.05, 0) is 64.0 Å². The molecule has 2 aromatic rings. The Labute approximate surface area is 173 Å². The minimum Gasteiger partial charge on any atom is -0.484 e. The molecule has 1 heterocycles. The average Bonchev–Trinajstić information content (AvgIpc) is 2.77. The lowest BCUT2D eigenvalue weighted by molar-refractivity contribution is -0.123. The van der Waals surface area contributed by atoms with Gasteiger partial charge >= 0.3 is 0 Å². The number of ether oxygens (including phenoxy) is 1. The number of piperidine rings is 1. The Morgan fingerprint density at radius 1 is 0.931 bits per heavy atom. The predicted octanol–water partition coefficient (Wildman–Crippen LogP) is 3.68. The Hall–Kier alpha value is -2.66. The third-order valence-electron chi connectivity index (χ3n) is 5.45. The van der Waals surface area contributed by atoms with Gasteiger partial charge in [0.25, 0.3) is 5.91 Å². The predicted molar refractivity (Wildman–Crippen MR) is 114 cm³/mol. The second-order valence-corrected chi connectivity index (χ2v) is 8.15. The number of likely N-dealkylation sites (tertiary alicyclic amines) is 1. The van der Waals surface area contributed by atoms with Crippen LogP contribution in [0.3, 0.4) is 0 Å². The number of hydrogen-bond donors (Lipinski definition) is 1. The van der Waals surface area contributed by atoms with Crippen LogP contribution >= 0.6 is 0 Å². The molecule has 5 heteroatoms. The average molecular weight is 395 g/mol. The summed E-state index contributed by atoms with van der Waals surface area (Å²) in [5, 5.41) is 2.98. The zero-order valence-corrected chi connectivity index (χ0v) is 17.3. The molecule has 1 fully saturated rings. The molecule has 29 heavy (non-hydrogen) atoms. The van der Waals surface area contributed by atoms with Crippen molar-refractivity contribution < 1.29 is 14.3 Å². The van der Waals surface area contributed by atoms with E-state index in [4.69, 9.17) is 4.74 Å². The van der Waals surface area contributed by atoms with Crippen molar-refractivity contribution in [3.05, 3.63) is 65.7 Å². The summed E-state index contributed by atoms with van der Waals surface area (Å²) in [7, 11) is 0. The number of carbonyl (C=O) groups excluding carboxylic acids is 2. The van der Waals surface area contributed by atoms with Gasteiger partial charge in [-0.15, -0.1) is 0 Å². The minimum atomic E-state index is -0.139. The summed E-state index contributed by atoms with van der Waals surface area (Å²) in [6.07, 6.45) is 3.75. The highest BCUT2D eigenvalue weighted by Gasteiger charge is 2.28. The highest BCUT2D eigenvalue weighted by Crippen LogP contribution is 2.20. The van der Waals surface area contributed by atoms with Crippen molar-refractivity contribution in [2.24, 2.45) is 0 Å². The van der Waals surface area contributed by atoms with Crippen molar-refractivity contribution in [1.29, 1.82) is 0 Å². The van der Waals surface area contributed by atoms with Crippen molar-refractivity contribution in [2.45, 2.75) is 38.6 Å². The molecule has 1 saturated heterocycles. The SMILES string of the molecule is CC(C)(CNC(=O)COc1ccc(C(=O)c2ccccc2)cc1)N1CCCCC1. The van der Waals surface area contributed by atoms with Crippen LogP contribution in [0.15, 0.2) is 54.6 Å². The third kappa shape index (κ3) is 5.91. The van der Waals surface area contributed by atoms with Gasteiger partial charge < -0.3 is 10.1 Å². The van der Waals surface area contributed by atoms with Crippen LogP contribution in [0.5, 0.6) is 5.75 Å². The maximum Gasteiger partial charge on any atom is 0.258 e. The second-order valence-electron chi connectivity index (χ2n) is 8.15. The van der Waals surface area contributed by atoms with Crippen LogP contribution < -0.4 is 10.1 Å². The number of nitrogens with one attached hydrogen (secondary N) is 1. The van der Waals surface area contributed by atoms with E-state index in [-0.39, 0.29) is 23.8 Å². The molecule has 0 aliphatic carbocycles. The van der Waals surface area contributed by atoms with Gasteiger partial charge in [0.15, 0.2) is 12.4 Å². The first-order valence-corrected chi connectivity index (χ1v) is 10.3. The van der Waals surface area contributed by atoms with E-state index in [1.807, 2.05) is 18.2 Å². The zero-order chi connectivity index (χ0) is 20.7. The van der Waals surface area contributed by atoms with Gasteiger partial charge in [-0.2, -0.15) is 0 Å². The third-order valence-corrected chi connectivity index (χ3v) is 5.45. The summed E-state index contributed by atoms with van der Waals surface area (Å²) in [5.41, 5.74) is 1.18. The number of ketones is 1. The quantitative estimate of drug-likeness (QED) is 0.694. The van der Waals surface area contributed by atoms with E-state index >= 15 is 0 Å². The highest BCUT2D eigenvalue weighted by molar-refractivity contribution is 6.08. The van der Waals surface area contributed by atoms with E-state index in [1.54, 1.807) is 36.4 Å². The summed E-state index contributed by atoms with van der Waals surface area (Å²) >= 11 is 0. The van der Waals surface area contributed by atoms with Crippen molar-refractivity contribution in [3.63, 3.8) is 0 Å². The molecule has 0 unspecified atom stereocenters. The van der Waals surface area contributed by atoms with Gasteiger partial charge in [0, 0.05) is 23.2 Å². The fourth-order valence-electron chi connectivity index (χ4n) is 3.58. The molecule has 0 atom stereocenters. The van der Waals surface area contributed by atoms with E-state index < -0.39 is 0 Å². The number of rotatable bonds is 8. The van der Waals surface area contributed by atoms with Crippen molar-refractivity contribution in [1.82, 2.24) is 10.2 Å². The Morgan fingerprint density at radius 3 is 2.21 bits per heavy atom. The van der Waals surface area contributed by atoms with Crippen LogP contribution in [0.1, 0.15) is 49.0 Å². The summed E-state index contributed by atoms with van der Waals surface area (Å²) in [6, 6.07) is 16.1. The summed E-state index contributed by atoms with van der Waals surface area (Å²) in [4.78, 5) is 27.1. The van der Waals surface area contributed by atoms with Gasteiger partial charge in [-0.25, -0.2) is 0 Å². The molecule has 0 bridgehead atoms. The monoisotopic (exact) mass is 394 g/mol. The number of carbonyl (C=O) groups is 2. The lowest BCUT2D eigenvalue weighted by Crippen LogP contribution is -2.53. The standard InChI is InChI=1S/C24H30N2O3/c1-24(2,26-15-7-4-8-16-26)18-25-22(27)17-29-21-13-11-20(12-14-21)23(28)19-9-5-3-6-10-19/h3,5-6,9-14H,4,7-8,15-18H2,1-2H3,(H,25,27). The molecule has 2 aromatic carbocycles. The molecule has 0 spiro atoms. The van der Waals surface area contributed by atoms with Crippen molar-refractivity contribution >= 4 is 11.7 Å². The number of benzene rings is 2. The zero-order valence-electron chi connectivity index (χ0n) is 17.3. The molecular weight excluding hydrogens is 364 g/mol. The smallest absolute Gasteiger partial charge is 0.258 e. The normalized spacial score (nSPS) is 15.0. The Morgan fingerprint density at radius 2 is 1.55 bits per heavy atom. The Balaban J connectivity index is 1.46. The second kappa shape index (κ2) is 9.70. The number of amides is 1. The molecule has 154 valence electrons. The molecule has 5 nitrogen and oxygen atoms in total. The van der Waals surface area contributed by atoms with E-state index in [0.717, 1.165) is 13.1 Å². The van der Waals surface area contributed by atoms with E-state index in [1.165, 1.54) is 19.3 Å². The van der Waals surface area contributed by atoms with Crippen LogP contribution in [0.4, 0.5) is 0 Å². The fourth-order valence-corrected chi connectivity index (χ4v) is 3.58. The molecule has 0 aromatic heterocycles. The van der Waals surface area contributed by atoms with Gasteiger partial charge in [0.05, 0.1) is 0 Å². The molecule has 1 N–H and O–H groups in total. The van der Waals surface area contributed by atoms with E-state index in [9.17, 15) is 9.59 Å². The van der Waals surface area contributed by atoms with Gasteiger partial charge in [0.2, 0.25) is 0 Å². The summed E-state index contributed by atoms with van der Waals surface area (Å²) in [5.74, 6) is 0.398. The van der Waals surface area contributed by atoms with Crippen molar-refractivity contribution in [2.75, 3.05) is 26.2 Å². The lowest BCUT2D eigenvalue weighted by atomic mass is 9.98. The molecule has 0 saturated carbocycles. The fraction of sp³-hybridized carbons (Fsp3) is 0.417. The topological polar surface area (TPSA) is 58.6 Å². The Kier molecular flexibility index (Phi) is 7.04. The van der Waals surface area contributed by atoms with Gasteiger partial charge in [-0.1, -0.05) is 36.8 Å². The Bertz CT molecular complexity index is 810. The summed E-state index contributed by atoms with van der Waals surface area (Å²) in [6.45, 7) is 7.08. The maximum absolute atomic E-state index is 12.4. The van der Waals surface area contributed by atoms with Gasteiger partial charge in [0.1, 0.15) is 5.75 Å². The molecule has 1 aliphatic rings. The highest BCUT2D eigenvalue weighted by atomic mass is 16.5. The van der Waals surface area contributed by atoms with Crippen molar-refractivity contribution in [3.8, 4) is 5.75 Å². The lowest BCUT2D eigenvalue weighted by Gasteiger charge is -2.41. The molecule has 1 aliphatic heterocycles. The van der Waals surface area contributed by atoms with Crippen LogP contribution in [0.25, 0.3) is 0 Å². The molecular formula is C24H30N2O3. The first-order chi connectivity index (χ1) is 14.0. The molecule has 0 radical (unpaired) electrons. The van der Waals surface area contributed by atoms with Gasteiger partial charge in [-0.3, -0.25) is 14.5 Å². The maximum atomic E-state index is 12.4. The van der Waals surface area contributed by atoms with E-state index in [0.29, 0.717) is 23.4 Å². The van der Waals surface area contributed by atoms with Crippen LogP contribution in [0, 0.1) is 0 Å². The summed E-state index contributed by atoms with van der Waals surface area (Å²) < 4.78 is 5.58. The molecule has 1 amide bonds. The van der Waals surface area contributed by atoms with Crippen LogP contribution in [-0.2, 0) is 4.79 Å². The largest absolute Gasteiger partial charge is 0.484 e. The van der Waals surface area contributed by atoms with Crippen LogP contribution in [0.2, 0.25) is 0 Å². The minimum absolute atomic E-state index is 0.0326. The molecule has 3 rings (SSSR count).